The van der Waals surface area contributed by atoms with Gasteiger partial charge in [-0.1, -0.05) is 6.92 Å². The van der Waals surface area contributed by atoms with Gasteiger partial charge in [-0.25, -0.2) is 30.7 Å². The van der Waals surface area contributed by atoms with Gasteiger partial charge < -0.3 is 0 Å². The van der Waals surface area contributed by atoms with E-state index < -0.39 is 69.3 Å². The van der Waals surface area contributed by atoms with Gasteiger partial charge in [0.1, 0.15) is 17.5 Å². The van der Waals surface area contributed by atoms with Crippen LogP contribution in [0.4, 0.5) is 30.7 Å². The number of rotatable bonds is 1. The number of hydrogen-bond acceptors (Lipinski definition) is 0. The Balaban J connectivity index is 2.88. The van der Waals surface area contributed by atoms with Crippen molar-refractivity contribution in [3.63, 3.8) is 0 Å². The van der Waals surface area contributed by atoms with Crippen LogP contribution in [-0.2, 0) is 0 Å². The molecule has 1 aliphatic rings. The summed E-state index contributed by atoms with van der Waals surface area (Å²) in [5.41, 5.74) is -3.90. The minimum atomic E-state index is -2.57. The fourth-order valence-corrected chi connectivity index (χ4v) is 2.36. The van der Waals surface area contributed by atoms with E-state index in [-0.39, 0.29) is 0 Å². The van der Waals surface area contributed by atoms with Crippen molar-refractivity contribution in [2.45, 2.75) is 26.9 Å². The van der Waals surface area contributed by atoms with Crippen molar-refractivity contribution >= 4 is 5.57 Å². The zero-order valence-corrected chi connectivity index (χ0v) is 11.8. The smallest absolute Gasteiger partial charge is 0.167 e. The molecule has 0 fully saturated rings. The highest BCUT2D eigenvalue weighted by molar-refractivity contribution is 5.83. The van der Waals surface area contributed by atoms with Crippen molar-refractivity contribution in [2.24, 2.45) is 5.92 Å². The van der Waals surface area contributed by atoms with Crippen LogP contribution in [0.2, 0.25) is 0 Å². The molecular weight excluding hydrogens is 313 g/mol. The molecule has 0 spiro atoms. The van der Waals surface area contributed by atoms with Crippen molar-refractivity contribution in [3.8, 4) is 0 Å². The molecule has 22 heavy (non-hydrogen) atoms. The van der Waals surface area contributed by atoms with Gasteiger partial charge in [0.25, 0.3) is 0 Å². The van der Waals surface area contributed by atoms with Crippen LogP contribution in [0.1, 0.15) is 23.6 Å². The molecule has 7 heteroatoms. The number of halogens is 7. The van der Waals surface area contributed by atoms with Crippen LogP contribution in [-0.4, -0.2) is 6.17 Å². The number of alkyl halides is 1. The number of benzene rings is 1. The maximum Gasteiger partial charge on any atom is 0.167 e. The lowest BCUT2D eigenvalue weighted by Crippen LogP contribution is -2.22. The van der Waals surface area contributed by atoms with Crippen LogP contribution in [0.15, 0.2) is 17.5 Å². The van der Waals surface area contributed by atoms with Crippen LogP contribution in [0, 0.1) is 37.2 Å². The molecule has 1 aromatic rings. The molecule has 2 atom stereocenters. The van der Waals surface area contributed by atoms with Crippen LogP contribution in [0.5, 0.6) is 0 Å². The summed E-state index contributed by atoms with van der Waals surface area (Å²) >= 11 is 0. The first-order valence-electron chi connectivity index (χ1n) is 6.34. The van der Waals surface area contributed by atoms with Gasteiger partial charge in [0.2, 0.25) is 0 Å². The highest BCUT2D eigenvalue weighted by Gasteiger charge is 2.39. The van der Waals surface area contributed by atoms with Crippen molar-refractivity contribution in [1.82, 2.24) is 0 Å². The third-order valence-corrected chi connectivity index (χ3v) is 3.77. The van der Waals surface area contributed by atoms with Crippen LogP contribution < -0.4 is 0 Å². The van der Waals surface area contributed by atoms with E-state index in [4.69, 9.17) is 0 Å². The second kappa shape index (κ2) is 5.44. The van der Waals surface area contributed by atoms with Crippen molar-refractivity contribution < 1.29 is 30.7 Å². The molecule has 0 aromatic heterocycles. The Morgan fingerprint density at radius 2 is 1.27 bits per heavy atom. The van der Waals surface area contributed by atoms with E-state index in [0.717, 1.165) is 20.8 Å². The normalized spacial score (nSPS) is 22.6. The zero-order chi connectivity index (χ0) is 16.9. The van der Waals surface area contributed by atoms with Crippen LogP contribution in [0.3, 0.4) is 0 Å². The van der Waals surface area contributed by atoms with Crippen molar-refractivity contribution in [1.29, 1.82) is 0 Å². The summed E-state index contributed by atoms with van der Waals surface area (Å²) in [5, 5.41) is 0. The molecule has 0 saturated heterocycles. The second-order valence-corrected chi connectivity index (χ2v) is 5.14. The molecule has 120 valence electrons. The third kappa shape index (κ3) is 2.14. The molecule has 0 radical (unpaired) electrons. The highest BCUT2D eigenvalue weighted by atomic mass is 19.2. The first-order chi connectivity index (χ1) is 10.1. The Bertz CT molecular complexity index is 686. The van der Waals surface area contributed by atoms with E-state index in [1.54, 1.807) is 0 Å². The standard InChI is InChI=1S/C15H11F7/c1-4-7(13(20)10(17)5(2)9(4)16)8-14(21)11(18)6(3)12(19)15(8)22/h6,11H,1-3H3. The number of allylic oxidation sites excluding steroid dienone is 4. The molecule has 0 amide bonds. The summed E-state index contributed by atoms with van der Waals surface area (Å²) in [6, 6.07) is 0. The van der Waals surface area contributed by atoms with Gasteiger partial charge in [-0.05, 0) is 19.4 Å². The first kappa shape index (κ1) is 16.6. The maximum atomic E-state index is 14.0. The first-order valence-corrected chi connectivity index (χ1v) is 6.34. The molecule has 0 nitrogen and oxygen atoms in total. The molecule has 0 aliphatic heterocycles. The molecule has 0 N–H and O–H groups in total. The summed E-state index contributed by atoms with van der Waals surface area (Å²) < 4.78 is 96.7. The summed E-state index contributed by atoms with van der Waals surface area (Å²) in [6.45, 7) is 2.77. The topological polar surface area (TPSA) is 0 Å². The SMILES string of the molecule is Cc1c(F)c(C)c(C2=C(F)C(F)C(C)C(F)=C2F)c(F)c1F. The second-order valence-electron chi connectivity index (χ2n) is 5.14. The fraction of sp³-hybridized carbons (Fsp3) is 0.333. The quantitative estimate of drug-likeness (QED) is 0.470. The van der Waals surface area contributed by atoms with Gasteiger partial charge in [-0.2, -0.15) is 0 Å². The van der Waals surface area contributed by atoms with Gasteiger partial charge in [-0.3, -0.25) is 0 Å². The molecule has 0 heterocycles. The lowest BCUT2D eigenvalue weighted by molar-refractivity contribution is 0.234. The Kier molecular flexibility index (Phi) is 4.10. The Morgan fingerprint density at radius 3 is 1.82 bits per heavy atom. The van der Waals surface area contributed by atoms with E-state index in [1.807, 2.05) is 0 Å². The fourth-order valence-electron chi connectivity index (χ4n) is 2.36. The summed E-state index contributed by atoms with van der Waals surface area (Å²) in [6.07, 6.45) is -2.57. The Labute approximate surface area is 121 Å². The predicted octanol–water partition coefficient (Wildman–Crippen LogP) is 5.54. The van der Waals surface area contributed by atoms with E-state index in [0.29, 0.717) is 0 Å². The molecule has 2 rings (SSSR count). The van der Waals surface area contributed by atoms with E-state index in [1.165, 1.54) is 0 Å². The van der Waals surface area contributed by atoms with Gasteiger partial charge >= 0.3 is 0 Å². The van der Waals surface area contributed by atoms with Gasteiger partial charge in [0, 0.05) is 17.0 Å². The average molecular weight is 324 g/mol. The number of hydrogen-bond donors (Lipinski definition) is 0. The van der Waals surface area contributed by atoms with E-state index in [9.17, 15) is 30.7 Å². The zero-order valence-electron chi connectivity index (χ0n) is 11.8. The van der Waals surface area contributed by atoms with Gasteiger partial charge in [-0.15, -0.1) is 0 Å². The largest absolute Gasteiger partial charge is 0.239 e. The van der Waals surface area contributed by atoms with Crippen LogP contribution in [0.25, 0.3) is 5.57 Å². The van der Waals surface area contributed by atoms with E-state index >= 15 is 0 Å². The van der Waals surface area contributed by atoms with Gasteiger partial charge in [0.15, 0.2) is 23.6 Å². The summed E-state index contributed by atoms with van der Waals surface area (Å²) in [7, 11) is 0. The van der Waals surface area contributed by atoms with E-state index in [2.05, 4.69) is 0 Å². The molecule has 0 bridgehead atoms. The summed E-state index contributed by atoms with van der Waals surface area (Å²) in [5.74, 6) is -11.7. The molecule has 1 aliphatic carbocycles. The van der Waals surface area contributed by atoms with Crippen LogP contribution >= 0.6 is 0 Å². The van der Waals surface area contributed by atoms with Crippen molar-refractivity contribution in [2.75, 3.05) is 0 Å². The molecule has 1 aromatic carbocycles. The third-order valence-electron chi connectivity index (χ3n) is 3.77. The minimum absolute atomic E-state index is 0.633. The van der Waals surface area contributed by atoms with Gasteiger partial charge in [0.05, 0.1) is 5.57 Å². The van der Waals surface area contributed by atoms with Crippen molar-refractivity contribution in [3.05, 3.63) is 51.6 Å². The lowest BCUT2D eigenvalue weighted by Gasteiger charge is -2.24. The average Bonchev–Trinajstić information content (AvgIpc) is 2.50. The molecule has 2 unspecified atom stereocenters. The highest BCUT2D eigenvalue weighted by Crippen LogP contribution is 2.45. The molecular formula is C15H11F7. The predicted molar refractivity (Wildman–Crippen MR) is 67.1 cm³/mol. The summed E-state index contributed by atoms with van der Waals surface area (Å²) in [4.78, 5) is 0. The Hall–Kier alpha value is -1.79. The monoisotopic (exact) mass is 324 g/mol. The maximum absolute atomic E-state index is 14.0. The molecule has 0 saturated carbocycles. The Morgan fingerprint density at radius 1 is 0.727 bits per heavy atom. The lowest BCUT2D eigenvalue weighted by atomic mass is 9.87. The minimum Gasteiger partial charge on any atom is -0.239 e.